The van der Waals surface area contributed by atoms with Gasteiger partial charge < -0.3 is 75.1 Å². The van der Waals surface area contributed by atoms with Gasteiger partial charge in [-0.05, 0) is 101 Å². The summed E-state index contributed by atoms with van der Waals surface area (Å²) in [5, 5.41) is 34.6. The van der Waals surface area contributed by atoms with Crippen molar-refractivity contribution in [2.75, 3.05) is 31.6 Å². The van der Waals surface area contributed by atoms with E-state index in [1.807, 2.05) is 0 Å². The van der Waals surface area contributed by atoms with Crippen LogP contribution >= 0.6 is 11.8 Å². The van der Waals surface area contributed by atoms with Gasteiger partial charge in [-0.2, -0.15) is 11.8 Å². The number of aliphatic hydroxyl groups is 1. The highest BCUT2D eigenvalue weighted by molar-refractivity contribution is 7.98. The second kappa shape index (κ2) is 32.5. The van der Waals surface area contributed by atoms with Crippen LogP contribution in [-0.4, -0.2) is 167 Å². The summed E-state index contributed by atoms with van der Waals surface area (Å²) in [4.78, 5) is 153. The summed E-state index contributed by atoms with van der Waals surface area (Å²) in [6.45, 7) is 11.9. The second-order valence-corrected chi connectivity index (χ2v) is 20.6. The fourth-order valence-corrected chi connectivity index (χ4v) is 8.97. The third-order valence-electron chi connectivity index (χ3n) is 13.5. The fraction of sp³-hybridized carbons (Fsp3) is 0.771. The normalized spacial score (nSPS) is 26.9. The third kappa shape index (κ3) is 20.5. The molecule has 0 spiro atoms. The monoisotopic (exact) mass is 1070 g/mol. The van der Waals surface area contributed by atoms with Crippen molar-refractivity contribution < 1.29 is 57.8 Å². The Balaban J connectivity index is 2.86. The maximum atomic E-state index is 14.6. The predicted molar refractivity (Wildman–Crippen MR) is 277 cm³/mol. The number of nitrogens with two attached hydrogens (primary N) is 3. The summed E-state index contributed by atoms with van der Waals surface area (Å²) in [6.07, 6.45) is 1.79. The zero-order chi connectivity index (χ0) is 55.8. The maximum absolute atomic E-state index is 14.6. The van der Waals surface area contributed by atoms with Crippen LogP contribution in [0.15, 0.2) is 0 Å². The molecular weight excluding hydrogens is 983 g/mol. The van der Waals surface area contributed by atoms with Crippen molar-refractivity contribution in [3.05, 3.63) is 0 Å². The summed E-state index contributed by atoms with van der Waals surface area (Å²) in [7, 11) is 0. The van der Waals surface area contributed by atoms with Crippen LogP contribution in [-0.2, 0) is 47.9 Å². The number of nitrogens with zero attached hydrogens (tertiary/aromatic N) is 1. The Morgan fingerprint density at radius 2 is 1.08 bits per heavy atom. The number of thioether (sulfide) groups is 1. The van der Waals surface area contributed by atoms with E-state index in [1.54, 1.807) is 47.8 Å². The number of fused-ring (bicyclic) bond motifs is 1. The highest BCUT2D eigenvalue weighted by atomic mass is 32.2. The van der Waals surface area contributed by atoms with E-state index in [4.69, 9.17) is 17.2 Å². The molecule has 0 aliphatic carbocycles. The van der Waals surface area contributed by atoms with Gasteiger partial charge in [-0.3, -0.25) is 47.9 Å². The number of amides is 12. The minimum absolute atomic E-state index is 0.0280. The number of carbonyl (C=O) groups is 11. The van der Waals surface area contributed by atoms with Crippen LogP contribution in [0.25, 0.3) is 0 Å². The summed E-state index contributed by atoms with van der Waals surface area (Å²) >= 11 is 1.35. The molecule has 16 N–H and O–H groups in total. The quantitative estimate of drug-likeness (QED) is 0.0566. The van der Waals surface area contributed by atoms with Crippen LogP contribution in [0.5, 0.6) is 0 Å². The molecule has 0 unspecified atom stereocenters. The molecule has 2 heterocycles. The highest BCUT2D eigenvalue weighted by Gasteiger charge is 2.42. The first-order chi connectivity index (χ1) is 34.9. The Morgan fingerprint density at radius 3 is 1.61 bits per heavy atom. The summed E-state index contributed by atoms with van der Waals surface area (Å²) in [6, 6.07) is -12.9. The molecule has 12 atom stereocenters. The van der Waals surface area contributed by atoms with Gasteiger partial charge in [-0.1, -0.05) is 54.4 Å². The molecule has 0 saturated carbocycles. The van der Waals surface area contributed by atoms with Crippen LogP contribution in [0.3, 0.4) is 0 Å². The minimum atomic E-state index is -1.73. The molecule has 0 aromatic heterocycles. The zero-order valence-electron chi connectivity index (χ0n) is 44.3. The van der Waals surface area contributed by atoms with Crippen LogP contribution in [0, 0.1) is 17.8 Å². The Bertz CT molecular complexity index is 1950. The third-order valence-corrected chi connectivity index (χ3v) is 14.1. The van der Waals surface area contributed by atoms with Gasteiger partial charge >= 0.3 is 6.03 Å². The molecule has 25 nitrogen and oxygen atoms in total. The fourth-order valence-electron chi connectivity index (χ4n) is 8.50. The molecule has 0 radical (unpaired) electrons. The van der Waals surface area contributed by atoms with E-state index in [0.717, 1.165) is 0 Å². The van der Waals surface area contributed by atoms with Crippen molar-refractivity contribution in [3.63, 3.8) is 0 Å². The largest absolute Gasteiger partial charge is 0.391 e. The summed E-state index contributed by atoms with van der Waals surface area (Å²) in [5.74, 6) is -9.45. The van der Waals surface area contributed by atoms with Crippen molar-refractivity contribution >= 4 is 76.9 Å². The molecule has 2 aliphatic heterocycles. The Morgan fingerprint density at radius 1 is 0.622 bits per heavy atom. The smallest absolute Gasteiger partial charge is 0.312 e. The van der Waals surface area contributed by atoms with Gasteiger partial charge in [-0.25, -0.2) is 4.79 Å². The molecule has 0 bridgehead atoms. The molecule has 2 rings (SSSR count). The first-order valence-electron chi connectivity index (χ1n) is 25.8. The maximum Gasteiger partial charge on any atom is 0.312 e. The average molecular weight is 1070 g/mol. The molecule has 420 valence electrons. The molecular formula is C48H85N13O12S. The van der Waals surface area contributed by atoms with Gasteiger partial charge in [-0.15, -0.1) is 0 Å². The van der Waals surface area contributed by atoms with Gasteiger partial charge in [0.2, 0.25) is 59.1 Å². The van der Waals surface area contributed by atoms with Crippen LogP contribution in [0.1, 0.15) is 126 Å². The van der Waals surface area contributed by atoms with E-state index >= 15 is 0 Å². The van der Waals surface area contributed by atoms with E-state index in [2.05, 4.69) is 47.9 Å². The SMILES string of the molecule is CC[C@H](C)[C@@H]1NC(=O)[C@H](CCCCN)NC(=O)[C@H](CCSC)NC(=O)[C@H](CCC(N)=O)NC(=O)[C@H]([C@@H](C)O)NC(=O)[C@H](C(C)C)NC(=O)[C@H]([C@@H](C)CC)NC(=O)[C@@H]2CCCN2C(=O)[C@H](CCCNC(N)=O)NC1=O. The molecule has 0 aromatic carbocycles. The van der Waals surface area contributed by atoms with Crippen LogP contribution in [0.4, 0.5) is 4.79 Å². The van der Waals surface area contributed by atoms with Crippen molar-refractivity contribution in [3.8, 4) is 0 Å². The number of urea groups is 1. The van der Waals surface area contributed by atoms with Crippen molar-refractivity contribution in [1.82, 2.24) is 52.8 Å². The van der Waals surface area contributed by atoms with E-state index < -0.39 is 150 Å². The van der Waals surface area contributed by atoms with Gasteiger partial charge in [0.25, 0.3) is 0 Å². The first kappa shape index (κ1) is 64.4. The number of rotatable bonds is 20. The lowest BCUT2D eigenvalue weighted by Gasteiger charge is -2.33. The number of nitrogens with one attached hydrogen (secondary N) is 9. The number of primary amides is 2. The highest BCUT2D eigenvalue weighted by Crippen LogP contribution is 2.22. The lowest BCUT2D eigenvalue weighted by Crippen LogP contribution is -2.63. The number of carbonyl (C=O) groups excluding carboxylic acids is 11. The molecule has 2 saturated heterocycles. The molecule has 12 amide bonds. The Kier molecular flexibility index (Phi) is 28.3. The predicted octanol–water partition coefficient (Wildman–Crippen LogP) is -2.41. The first-order valence-corrected chi connectivity index (χ1v) is 27.2. The van der Waals surface area contributed by atoms with E-state index in [-0.39, 0.29) is 58.2 Å². The second-order valence-electron chi connectivity index (χ2n) is 19.6. The van der Waals surface area contributed by atoms with Gasteiger partial charge in [0.05, 0.1) is 6.10 Å². The standard InChI is InChI=1S/C48H85N13O12S/c1-9-26(5)36-44(69)56-32(16-13-22-52-48(51)73)47(72)61-23-14-17-33(61)42(67)59-37(27(6)10-2)45(70)57-35(25(3)4)43(68)60-38(28(7)62)46(71)55-30(18-19-34(50)63)39(64)54-31(20-24-74-8)40(65)53-29(41(66)58-36)15-11-12-21-49/h25-33,35-38,62H,9-24,49H2,1-8H3,(H2,50,63)(H,53,65)(H,54,64)(H,55,71)(H,56,69)(H,57,70)(H,58,66)(H,59,67)(H,60,68)(H3,51,52,73)/t26-,27-,28+,29-,30-,31-,32-,33-,35-,36-,37-,38-/m0/s1. The van der Waals surface area contributed by atoms with Crippen molar-refractivity contribution in [1.29, 1.82) is 0 Å². The van der Waals surface area contributed by atoms with Crippen molar-refractivity contribution in [2.45, 2.75) is 186 Å². The Hall–Kier alpha value is -5.76. The molecule has 0 aromatic rings. The number of aliphatic hydroxyl groups excluding tert-OH is 1. The topological polar surface area (TPSA) is 398 Å². The molecule has 74 heavy (non-hydrogen) atoms. The lowest BCUT2D eigenvalue weighted by molar-refractivity contribution is -0.143. The van der Waals surface area contributed by atoms with Gasteiger partial charge in [0, 0.05) is 19.5 Å². The van der Waals surface area contributed by atoms with Crippen LogP contribution < -0.4 is 65.1 Å². The van der Waals surface area contributed by atoms with E-state index in [1.165, 1.54) is 23.6 Å². The van der Waals surface area contributed by atoms with E-state index in [0.29, 0.717) is 37.9 Å². The van der Waals surface area contributed by atoms with E-state index in [9.17, 15) is 57.8 Å². The Labute approximate surface area is 438 Å². The van der Waals surface area contributed by atoms with Crippen molar-refractivity contribution in [2.24, 2.45) is 35.0 Å². The molecule has 2 aliphatic rings. The zero-order valence-corrected chi connectivity index (χ0v) is 45.2. The minimum Gasteiger partial charge on any atom is -0.391 e. The summed E-state index contributed by atoms with van der Waals surface area (Å²) < 4.78 is 0. The molecule has 2 fully saturated rings. The number of unbranched alkanes of at least 4 members (excludes halogenated alkanes) is 1. The van der Waals surface area contributed by atoms with Crippen LogP contribution in [0.2, 0.25) is 0 Å². The average Bonchev–Trinajstić information content (AvgIpc) is 3.85. The molecule has 26 heteroatoms. The number of hydrogen-bond acceptors (Lipinski definition) is 14. The number of hydrogen-bond donors (Lipinski definition) is 13. The lowest BCUT2D eigenvalue weighted by atomic mass is 9.95. The summed E-state index contributed by atoms with van der Waals surface area (Å²) in [5.41, 5.74) is 16.5. The van der Waals surface area contributed by atoms with Gasteiger partial charge in [0.1, 0.15) is 54.4 Å². The van der Waals surface area contributed by atoms with Gasteiger partial charge in [0.15, 0.2) is 0 Å².